The van der Waals surface area contributed by atoms with Gasteiger partial charge in [0.2, 0.25) is 10.0 Å². The van der Waals surface area contributed by atoms with Crippen molar-refractivity contribution in [3.05, 3.63) is 53.0 Å². The Balaban J connectivity index is 1.99. The zero-order valence-electron chi connectivity index (χ0n) is 16.7. The predicted octanol–water partition coefficient (Wildman–Crippen LogP) is 2.94. The number of nitrogens with one attached hydrogen (secondary N) is 2. The lowest BCUT2D eigenvalue weighted by molar-refractivity contribution is -0.150. The molecule has 0 saturated heterocycles. The number of ether oxygens (including phenoxy) is 2. The van der Waals surface area contributed by atoms with E-state index in [9.17, 15) is 18.0 Å². The Labute approximate surface area is 184 Å². The van der Waals surface area contributed by atoms with E-state index in [1.807, 2.05) is 0 Å². The maximum absolute atomic E-state index is 12.6. The Morgan fingerprint density at radius 1 is 1.03 bits per heavy atom. The highest BCUT2D eigenvalue weighted by molar-refractivity contribution is 9.10. The summed E-state index contributed by atoms with van der Waals surface area (Å²) in [5, 5.41) is 2.59. The lowest BCUT2D eigenvalue weighted by Crippen LogP contribution is -2.45. The molecule has 0 aliphatic rings. The van der Waals surface area contributed by atoms with E-state index in [-0.39, 0.29) is 4.90 Å². The lowest BCUT2D eigenvalue weighted by atomic mass is 10.1. The maximum Gasteiger partial charge on any atom is 0.324 e. The molecule has 0 spiro atoms. The van der Waals surface area contributed by atoms with Crippen LogP contribution in [0.5, 0.6) is 5.75 Å². The van der Waals surface area contributed by atoms with E-state index in [4.69, 9.17) is 9.47 Å². The standard InChI is InChI=1S/C20H23BrN2O6S/c1-13(2)19(23-30(26,27)17-10-8-16(28-3)9-11-17)20(25)29-12-18(24)22-15-6-4-14(21)5-7-15/h4-11,13,19,23H,12H2,1-3H3,(H,22,24). The van der Waals surface area contributed by atoms with Crippen LogP contribution < -0.4 is 14.8 Å². The summed E-state index contributed by atoms with van der Waals surface area (Å²) in [6.45, 7) is 2.80. The second-order valence-electron chi connectivity index (χ2n) is 6.68. The van der Waals surface area contributed by atoms with Gasteiger partial charge in [-0.15, -0.1) is 0 Å². The molecule has 8 nitrogen and oxygen atoms in total. The number of hydrogen-bond donors (Lipinski definition) is 2. The Morgan fingerprint density at radius 3 is 2.17 bits per heavy atom. The molecule has 0 heterocycles. The molecule has 30 heavy (non-hydrogen) atoms. The number of methoxy groups -OCH3 is 1. The van der Waals surface area contributed by atoms with Crippen molar-refractivity contribution in [2.24, 2.45) is 5.92 Å². The van der Waals surface area contributed by atoms with Gasteiger partial charge < -0.3 is 14.8 Å². The number of rotatable bonds is 9. The van der Waals surface area contributed by atoms with Gasteiger partial charge in [0.1, 0.15) is 11.8 Å². The summed E-state index contributed by atoms with van der Waals surface area (Å²) in [5.41, 5.74) is 0.542. The van der Waals surface area contributed by atoms with Crippen molar-refractivity contribution in [3.8, 4) is 5.75 Å². The number of carbonyl (C=O) groups excluding carboxylic acids is 2. The lowest BCUT2D eigenvalue weighted by Gasteiger charge is -2.20. The highest BCUT2D eigenvalue weighted by atomic mass is 79.9. The Hall–Kier alpha value is -2.43. The third kappa shape index (κ3) is 6.82. The molecule has 1 unspecified atom stereocenters. The Bertz CT molecular complexity index is 975. The predicted molar refractivity (Wildman–Crippen MR) is 116 cm³/mol. The number of amides is 1. The van der Waals surface area contributed by atoms with Gasteiger partial charge in [-0.05, 0) is 54.4 Å². The van der Waals surface area contributed by atoms with Crippen LogP contribution in [-0.4, -0.2) is 40.1 Å². The van der Waals surface area contributed by atoms with Crippen LogP contribution in [0.15, 0.2) is 57.9 Å². The maximum atomic E-state index is 12.6. The highest BCUT2D eigenvalue weighted by Gasteiger charge is 2.30. The number of sulfonamides is 1. The molecule has 0 aromatic heterocycles. The van der Waals surface area contributed by atoms with Crippen LogP contribution in [0.3, 0.4) is 0 Å². The van der Waals surface area contributed by atoms with Crippen molar-refractivity contribution in [2.75, 3.05) is 19.0 Å². The highest BCUT2D eigenvalue weighted by Crippen LogP contribution is 2.17. The van der Waals surface area contributed by atoms with Crippen molar-refractivity contribution in [3.63, 3.8) is 0 Å². The quantitative estimate of drug-likeness (QED) is 0.514. The first-order chi connectivity index (χ1) is 14.1. The third-order valence-corrected chi connectivity index (χ3v) is 6.03. The van der Waals surface area contributed by atoms with Crippen LogP contribution in [0.1, 0.15) is 13.8 Å². The van der Waals surface area contributed by atoms with E-state index in [1.54, 1.807) is 38.1 Å². The molecule has 1 atom stereocenters. The molecule has 10 heteroatoms. The number of anilines is 1. The number of benzene rings is 2. The van der Waals surface area contributed by atoms with Gasteiger partial charge in [-0.1, -0.05) is 29.8 Å². The molecule has 0 saturated carbocycles. The van der Waals surface area contributed by atoms with Gasteiger partial charge >= 0.3 is 5.97 Å². The monoisotopic (exact) mass is 498 g/mol. The fourth-order valence-electron chi connectivity index (χ4n) is 2.40. The SMILES string of the molecule is COc1ccc(S(=O)(=O)NC(C(=O)OCC(=O)Nc2ccc(Br)cc2)C(C)C)cc1. The average Bonchev–Trinajstić information content (AvgIpc) is 2.72. The molecule has 2 rings (SSSR count). The number of carbonyl (C=O) groups is 2. The molecule has 0 bridgehead atoms. The molecule has 0 fully saturated rings. The summed E-state index contributed by atoms with van der Waals surface area (Å²) < 4.78 is 38.5. The summed E-state index contributed by atoms with van der Waals surface area (Å²) >= 11 is 3.29. The smallest absolute Gasteiger partial charge is 0.324 e. The first-order valence-electron chi connectivity index (χ1n) is 9.01. The van der Waals surface area contributed by atoms with Crippen LogP contribution in [0.2, 0.25) is 0 Å². The van der Waals surface area contributed by atoms with Gasteiger partial charge in [-0.2, -0.15) is 4.72 Å². The number of esters is 1. The minimum Gasteiger partial charge on any atom is -0.497 e. The average molecular weight is 499 g/mol. The molecule has 2 aromatic rings. The van der Waals surface area contributed by atoms with Gasteiger partial charge in [0, 0.05) is 10.2 Å². The van der Waals surface area contributed by atoms with Crippen LogP contribution in [0.4, 0.5) is 5.69 Å². The van der Waals surface area contributed by atoms with Gasteiger partial charge in [-0.25, -0.2) is 8.42 Å². The fraction of sp³-hybridized carbons (Fsp3) is 0.300. The topological polar surface area (TPSA) is 111 Å². The van der Waals surface area contributed by atoms with Crippen molar-refractivity contribution >= 4 is 43.5 Å². The van der Waals surface area contributed by atoms with Crippen LogP contribution >= 0.6 is 15.9 Å². The molecule has 0 aliphatic carbocycles. The Morgan fingerprint density at radius 2 is 1.63 bits per heavy atom. The largest absolute Gasteiger partial charge is 0.497 e. The first-order valence-corrected chi connectivity index (χ1v) is 11.3. The van der Waals surface area contributed by atoms with Gasteiger partial charge in [-0.3, -0.25) is 9.59 Å². The van der Waals surface area contributed by atoms with Gasteiger partial charge in [0.05, 0.1) is 12.0 Å². The number of halogens is 1. The normalized spacial score (nSPS) is 12.3. The second kappa shape index (κ2) is 10.6. The molecule has 0 radical (unpaired) electrons. The summed E-state index contributed by atoms with van der Waals surface area (Å²) in [6.07, 6.45) is 0. The van der Waals surface area contributed by atoms with E-state index in [0.717, 1.165) is 4.47 Å². The molecule has 0 aliphatic heterocycles. The van der Waals surface area contributed by atoms with Gasteiger partial charge in [0.15, 0.2) is 6.61 Å². The zero-order chi connectivity index (χ0) is 22.3. The zero-order valence-corrected chi connectivity index (χ0v) is 19.1. The number of hydrogen-bond acceptors (Lipinski definition) is 6. The van der Waals surface area contributed by atoms with E-state index in [0.29, 0.717) is 11.4 Å². The van der Waals surface area contributed by atoms with E-state index < -0.39 is 40.5 Å². The van der Waals surface area contributed by atoms with E-state index in [1.165, 1.54) is 31.4 Å². The molecular weight excluding hydrogens is 476 g/mol. The van der Waals surface area contributed by atoms with E-state index in [2.05, 4.69) is 26.0 Å². The Kier molecular flexibility index (Phi) is 8.39. The van der Waals surface area contributed by atoms with Crippen LogP contribution in [0.25, 0.3) is 0 Å². The summed E-state index contributed by atoms with van der Waals surface area (Å²) in [7, 11) is -2.51. The van der Waals surface area contributed by atoms with Crippen molar-refractivity contribution in [2.45, 2.75) is 24.8 Å². The minimum absolute atomic E-state index is 0.0188. The van der Waals surface area contributed by atoms with Crippen LogP contribution in [-0.2, 0) is 24.3 Å². The van der Waals surface area contributed by atoms with Crippen molar-refractivity contribution in [1.82, 2.24) is 4.72 Å². The van der Waals surface area contributed by atoms with E-state index >= 15 is 0 Å². The first kappa shape index (κ1) is 23.8. The van der Waals surface area contributed by atoms with Crippen LogP contribution in [0, 0.1) is 5.92 Å². The minimum atomic E-state index is -3.98. The molecule has 2 aromatic carbocycles. The summed E-state index contributed by atoms with van der Waals surface area (Å²) in [4.78, 5) is 24.4. The van der Waals surface area contributed by atoms with Gasteiger partial charge in [0.25, 0.3) is 5.91 Å². The molecule has 1 amide bonds. The summed E-state index contributed by atoms with van der Waals surface area (Å²) in [6, 6.07) is 11.5. The molecular formula is C20H23BrN2O6S. The second-order valence-corrected chi connectivity index (χ2v) is 9.31. The molecule has 162 valence electrons. The summed E-state index contributed by atoms with van der Waals surface area (Å²) in [5.74, 6) is -1.27. The van der Waals surface area contributed by atoms with Crippen molar-refractivity contribution in [1.29, 1.82) is 0 Å². The van der Waals surface area contributed by atoms with Crippen molar-refractivity contribution < 1.29 is 27.5 Å². The molecule has 2 N–H and O–H groups in total. The third-order valence-electron chi connectivity index (χ3n) is 4.05. The fourth-order valence-corrected chi connectivity index (χ4v) is 4.00.